The molecule has 0 saturated carbocycles. The Balaban J connectivity index is 5.59. The van der Waals surface area contributed by atoms with E-state index in [1.54, 1.807) is 6.92 Å². The summed E-state index contributed by atoms with van der Waals surface area (Å²) in [5, 5.41) is 14.6. The zero-order valence-electron chi connectivity index (χ0n) is 19.9. The van der Waals surface area contributed by atoms with Crippen LogP contribution in [0.5, 0.6) is 0 Å². The summed E-state index contributed by atoms with van der Waals surface area (Å²) in [6, 6.07) is -3.17. The fraction of sp³-hybridized carbons (Fsp3) is 0.714. The molecule has 188 valence electrons. The molecule has 11 nitrogen and oxygen atoms in total. The van der Waals surface area contributed by atoms with Crippen LogP contribution in [-0.4, -0.2) is 77.0 Å². The van der Waals surface area contributed by atoms with Crippen LogP contribution in [-0.2, 0) is 39.9 Å². The highest BCUT2D eigenvalue weighted by Crippen LogP contribution is 2.08. The Hall–Kier alpha value is -2.47. The van der Waals surface area contributed by atoms with Gasteiger partial charge in [0.1, 0.15) is 23.9 Å². The van der Waals surface area contributed by atoms with Gasteiger partial charge in [-0.2, -0.15) is 0 Å². The first-order valence-corrected chi connectivity index (χ1v) is 12.5. The Kier molecular flexibility index (Phi) is 15.0. The molecule has 0 aliphatic rings. The molecule has 0 aromatic carbocycles. The van der Waals surface area contributed by atoms with Gasteiger partial charge < -0.3 is 30.6 Å². The van der Waals surface area contributed by atoms with Crippen molar-refractivity contribution >= 4 is 46.9 Å². The molecule has 0 heterocycles. The molecule has 0 aliphatic carbocycles. The van der Waals surface area contributed by atoms with Crippen molar-refractivity contribution in [3.8, 4) is 0 Å². The number of hydrogen-bond donors (Lipinski definition) is 4. The lowest BCUT2D eigenvalue weighted by Gasteiger charge is -2.25. The minimum absolute atomic E-state index is 0.0651. The van der Waals surface area contributed by atoms with Gasteiger partial charge in [-0.15, -0.1) is 0 Å². The molecule has 0 fully saturated rings. The molecule has 0 radical (unpaired) electrons. The smallest absolute Gasteiger partial charge is 0.328 e. The number of carbonyl (C=O) groups excluding carboxylic acids is 5. The number of rotatable bonds is 16. The van der Waals surface area contributed by atoms with Crippen LogP contribution in [0, 0.1) is 11.3 Å². The van der Waals surface area contributed by atoms with Crippen molar-refractivity contribution in [3.63, 3.8) is 0 Å². The van der Waals surface area contributed by atoms with Crippen LogP contribution in [0.15, 0.2) is 0 Å². The normalized spacial score (nSPS) is 14.4. The van der Waals surface area contributed by atoms with Gasteiger partial charge in [0.05, 0.1) is 19.1 Å². The van der Waals surface area contributed by atoms with Gasteiger partial charge in [-0.1, -0.05) is 25.0 Å². The zero-order chi connectivity index (χ0) is 25.6. The number of ketones is 1. The van der Waals surface area contributed by atoms with Crippen LogP contribution in [0.1, 0.15) is 53.4 Å². The van der Waals surface area contributed by atoms with Gasteiger partial charge in [0.2, 0.25) is 17.7 Å². The Bertz CT molecular complexity index is 700. The van der Waals surface area contributed by atoms with E-state index < -0.39 is 58.8 Å². The molecule has 0 spiro atoms. The van der Waals surface area contributed by atoms with Gasteiger partial charge in [-0.3, -0.25) is 19.2 Å². The van der Waals surface area contributed by atoms with Crippen molar-refractivity contribution in [3.05, 3.63) is 0 Å². The van der Waals surface area contributed by atoms with E-state index in [0.29, 0.717) is 12.6 Å². The van der Waals surface area contributed by atoms with Crippen molar-refractivity contribution in [2.24, 2.45) is 5.92 Å². The van der Waals surface area contributed by atoms with E-state index in [9.17, 15) is 28.5 Å². The second-order valence-electron chi connectivity index (χ2n) is 7.97. The average Bonchev–Trinajstić information content (AvgIpc) is 2.72. The fourth-order valence-electron chi connectivity index (χ4n) is 2.90. The fourth-order valence-corrected chi connectivity index (χ4v) is 3.46. The largest absolute Gasteiger partial charge is 0.617 e. The van der Waals surface area contributed by atoms with Crippen molar-refractivity contribution in [2.45, 2.75) is 71.5 Å². The van der Waals surface area contributed by atoms with Gasteiger partial charge in [-0.05, 0) is 25.7 Å². The van der Waals surface area contributed by atoms with Gasteiger partial charge in [0, 0.05) is 19.8 Å². The van der Waals surface area contributed by atoms with Gasteiger partial charge in [0.15, 0.2) is 5.78 Å². The number of hydrogen-bond acceptors (Lipinski definition) is 8. The second-order valence-corrected chi connectivity index (χ2v) is 9.53. The molecule has 0 bridgehead atoms. The monoisotopic (exact) mass is 488 g/mol. The third-order valence-electron chi connectivity index (χ3n) is 4.46. The molecule has 4 atom stereocenters. The Morgan fingerprint density at radius 2 is 1.58 bits per heavy atom. The lowest BCUT2D eigenvalue weighted by molar-refractivity contribution is -0.147. The molecule has 12 heteroatoms. The second kappa shape index (κ2) is 16.2. The van der Waals surface area contributed by atoms with Crippen LogP contribution in [0.3, 0.4) is 0 Å². The average molecular weight is 489 g/mol. The number of Topliss-reactive ketones (excluding diaryl/α,β-unsaturated/α-hetero) is 1. The van der Waals surface area contributed by atoms with E-state index in [2.05, 4.69) is 16.0 Å². The van der Waals surface area contributed by atoms with E-state index in [1.165, 1.54) is 13.2 Å². The molecular formula is C21H36N4O7S. The van der Waals surface area contributed by atoms with Crippen molar-refractivity contribution in [1.29, 1.82) is 5.41 Å². The van der Waals surface area contributed by atoms with Crippen LogP contribution in [0.2, 0.25) is 0 Å². The number of esters is 1. The van der Waals surface area contributed by atoms with Gasteiger partial charge >= 0.3 is 5.97 Å². The van der Waals surface area contributed by atoms with Crippen LogP contribution >= 0.6 is 0 Å². The van der Waals surface area contributed by atoms with Crippen molar-refractivity contribution < 1.29 is 33.3 Å². The summed E-state index contributed by atoms with van der Waals surface area (Å²) >= 11 is -1.21. The molecular weight excluding hydrogens is 452 g/mol. The number of nitrogens with one attached hydrogen (secondary N) is 4. The standard InChI is InChI=1S/C21H36N4O7S/c1-6-32-21(30)17(9-10-33(5)31)25-19(28)16(8-7-15(27)12-22)24-20(29)18(11-13(2)3)23-14(4)26/h12-13,16-18,22H,6-11H2,1-5H3,(H,23,26)(H,24,29)(H,25,28)/t16-,17?,18-,33?/m0/s1. The zero-order valence-corrected chi connectivity index (χ0v) is 20.7. The van der Waals surface area contributed by atoms with Gasteiger partial charge in [0.25, 0.3) is 0 Å². The van der Waals surface area contributed by atoms with E-state index in [0.717, 1.165) is 0 Å². The van der Waals surface area contributed by atoms with Crippen molar-refractivity contribution in [1.82, 2.24) is 16.0 Å². The minimum atomic E-state index is -1.21. The highest BCUT2D eigenvalue weighted by atomic mass is 32.2. The highest BCUT2D eigenvalue weighted by molar-refractivity contribution is 7.90. The maximum atomic E-state index is 12.9. The Morgan fingerprint density at radius 1 is 1.00 bits per heavy atom. The number of amides is 3. The first-order valence-electron chi connectivity index (χ1n) is 10.8. The Labute approximate surface area is 197 Å². The molecule has 4 N–H and O–H groups in total. The molecule has 3 amide bonds. The topological polar surface area (TPSA) is 178 Å². The predicted molar refractivity (Wildman–Crippen MR) is 124 cm³/mol. The van der Waals surface area contributed by atoms with E-state index in [-0.39, 0.29) is 37.5 Å². The summed E-state index contributed by atoms with van der Waals surface area (Å²) in [6.45, 7) is 6.71. The lowest BCUT2D eigenvalue weighted by atomic mass is 10.0. The number of carbonyl (C=O) groups is 5. The molecule has 2 unspecified atom stereocenters. The quantitative estimate of drug-likeness (QED) is 0.132. The highest BCUT2D eigenvalue weighted by Gasteiger charge is 2.30. The van der Waals surface area contributed by atoms with E-state index >= 15 is 0 Å². The summed E-state index contributed by atoms with van der Waals surface area (Å²) in [5.74, 6) is -2.77. The van der Waals surface area contributed by atoms with Crippen LogP contribution < -0.4 is 16.0 Å². The number of ether oxygens (including phenoxy) is 1. The third kappa shape index (κ3) is 13.6. The molecule has 33 heavy (non-hydrogen) atoms. The summed E-state index contributed by atoms with van der Waals surface area (Å²) < 4.78 is 16.4. The van der Waals surface area contributed by atoms with E-state index in [1.807, 2.05) is 13.8 Å². The minimum Gasteiger partial charge on any atom is -0.617 e. The molecule has 0 saturated heterocycles. The molecule has 0 aliphatic heterocycles. The molecule has 0 aromatic rings. The third-order valence-corrected chi connectivity index (χ3v) is 5.27. The van der Waals surface area contributed by atoms with Crippen LogP contribution in [0.25, 0.3) is 0 Å². The Morgan fingerprint density at radius 3 is 2.06 bits per heavy atom. The summed E-state index contributed by atoms with van der Waals surface area (Å²) in [6.07, 6.45) is 2.18. The maximum Gasteiger partial charge on any atom is 0.328 e. The summed E-state index contributed by atoms with van der Waals surface area (Å²) in [7, 11) is 0. The van der Waals surface area contributed by atoms with Gasteiger partial charge in [-0.25, -0.2) is 4.79 Å². The molecule has 0 aromatic heterocycles. The molecule has 0 rings (SSSR count). The van der Waals surface area contributed by atoms with Crippen molar-refractivity contribution in [2.75, 3.05) is 18.6 Å². The SMILES string of the molecule is CCOC(=O)C(CC[S+](C)[O-])NC(=O)[C@H](CCC(=O)C=N)NC(=O)[C@H](CC(C)C)NC(C)=O. The van der Waals surface area contributed by atoms with E-state index in [4.69, 9.17) is 10.1 Å². The maximum absolute atomic E-state index is 12.9. The first-order chi connectivity index (χ1) is 15.4. The first kappa shape index (κ1) is 30.5. The summed E-state index contributed by atoms with van der Waals surface area (Å²) in [5.41, 5.74) is 0. The lowest BCUT2D eigenvalue weighted by Crippen LogP contribution is -2.56. The summed E-state index contributed by atoms with van der Waals surface area (Å²) in [4.78, 5) is 61.1. The van der Waals surface area contributed by atoms with Crippen LogP contribution in [0.4, 0.5) is 0 Å². The predicted octanol–water partition coefficient (Wildman–Crippen LogP) is -0.163.